The number of aryl methyl sites for hydroxylation is 1. The maximum atomic E-state index is 12.7. The van der Waals surface area contributed by atoms with E-state index in [2.05, 4.69) is 20.6 Å². The van der Waals surface area contributed by atoms with Gasteiger partial charge >= 0.3 is 5.63 Å². The predicted molar refractivity (Wildman–Crippen MR) is 109 cm³/mol. The molecule has 0 bridgehead atoms. The van der Waals surface area contributed by atoms with Crippen molar-refractivity contribution in [1.82, 2.24) is 20.0 Å². The first kappa shape index (κ1) is 20.7. The smallest absolute Gasteiger partial charge is 0.381 e. The number of anilines is 2. The molecule has 3 aromatic rings. The number of hydrogen-bond donors (Lipinski definition) is 1. The summed E-state index contributed by atoms with van der Waals surface area (Å²) >= 11 is 1.09. The molecule has 0 saturated carbocycles. The van der Waals surface area contributed by atoms with E-state index in [1.807, 2.05) is 6.92 Å². The second-order valence-corrected chi connectivity index (χ2v) is 7.57. The molecule has 3 aromatic heterocycles. The topological polar surface area (TPSA) is 142 Å². The van der Waals surface area contributed by atoms with Gasteiger partial charge in [-0.05, 0) is 13.0 Å². The van der Waals surface area contributed by atoms with Crippen LogP contribution in [0.1, 0.15) is 22.7 Å². The van der Waals surface area contributed by atoms with Gasteiger partial charge in [-0.25, -0.2) is 9.48 Å². The Labute approximate surface area is 179 Å². The molecule has 1 N–H and O–H groups in total. The number of nitrogens with one attached hydrogen (secondary N) is 1. The van der Waals surface area contributed by atoms with Crippen LogP contribution in [0.5, 0.6) is 5.75 Å². The Kier molecular flexibility index (Phi) is 5.52. The zero-order chi connectivity index (χ0) is 22.1. The Morgan fingerprint density at radius 2 is 2.13 bits per heavy atom. The lowest BCUT2D eigenvalue weighted by Crippen LogP contribution is -2.28. The highest BCUT2D eigenvalue weighted by Gasteiger charge is 2.34. The number of hydrogen-bond acceptors (Lipinski definition) is 10. The summed E-state index contributed by atoms with van der Waals surface area (Å²) in [5, 5.41) is 15.2. The summed E-state index contributed by atoms with van der Waals surface area (Å²) in [5.74, 6) is -1.46. The fourth-order valence-electron chi connectivity index (χ4n) is 3.12. The Bertz CT molecular complexity index is 1200. The van der Waals surface area contributed by atoms with Gasteiger partial charge in [0.2, 0.25) is 21.9 Å². The molecule has 1 aliphatic heterocycles. The highest BCUT2D eigenvalue weighted by Crippen LogP contribution is 2.31. The van der Waals surface area contributed by atoms with Crippen LogP contribution in [0.4, 0.5) is 10.8 Å². The van der Waals surface area contributed by atoms with E-state index in [0.717, 1.165) is 17.0 Å². The lowest BCUT2D eigenvalue weighted by atomic mass is 10.3. The largest absolute Gasteiger partial charge is 0.488 e. The number of amides is 2. The lowest BCUT2D eigenvalue weighted by Gasteiger charge is -2.18. The van der Waals surface area contributed by atoms with Gasteiger partial charge in [-0.3, -0.25) is 14.9 Å². The average Bonchev–Trinajstić information content (AvgIpc) is 3.47. The molecule has 4 heterocycles. The molecular weight excluding hydrogens is 428 g/mol. The molecule has 1 atom stereocenters. The number of nitrogens with zero attached hydrogens (tertiary/aromatic N) is 5. The third kappa shape index (κ3) is 3.92. The van der Waals surface area contributed by atoms with E-state index in [-0.39, 0.29) is 47.3 Å². The Hall–Kier alpha value is -3.58. The van der Waals surface area contributed by atoms with Gasteiger partial charge < -0.3 is 18.8 Å². The Balaban J connectivity index is 1.61. The van der Waals surface area contributed by atoms with E-state index in [1.54, 1.807) is 16.9 Å². The normalized spacial score (nSPS) is 16.0. The number of methoxy groups -OCH3 is 2. The number of ether oxygens (including phenoxy) is 2. The van der Waals surface area contributed by atoms with Crippen LogP contribution >= 0.6 is 11.3 Å². The minimum Gasteiger partial charge on any atom is -0.488 e. The summed E-state index contributed by atoms with van der Waals surface area (Å²) in [6.07, 6.45) is 1.45. The van der Waals surface area contributed by atoms with Crippen molar-refractivity contribution in [3.8, 4) is 10.9 Å². The van der Waals surface area contributed by atoms with Gasteiger partial charge in [-0.2, -0.15) is 5.10 Å². The zero-order valence-electron chi connectivity index (χ0n) is 16.8. The third-order valence-electron chi connectivity index (χ3n) is 4.68. The molecule has 13 heteroatoms. The van der Waals surface area contributed by atoms with Gasteiger partial charge in [0, 0.05) is 25.1 Å². The van der Waals surface area contributed by atoms with Crippen molar-refractivity contribution in [2.75, 3.05) is 31.0 Å². The number of rotatable bonds is 6. The Morgan fingerprint density at radius 1 is 1.32 bits per heavy atom. The highest BCUT2D eigenvalue weighted by molar-refractivity contribution is 7.17. The molecule has 4 rings (SSSR count). The van der Waals surface area contributed by atoms with Crippen LogP contribution in [0, 0.1) is 6.92 Å². The Morgan fingerprint density at radius 3 is 2.77 bits per heavy atom. The molecule has 0 radical (unpaired) electrons. The van der Waals surface area contributed by atoms with Crippen molar-refractivity contribution >= 4 is 34.0 Å². The molecule has 162 valence electrons. The number of carbonyl (C=O) groups excluding carboxylic acids is 2. The van der Waals surface area contributed by atoms with E-state index in [1.165, 1.54) is 25.2 Å². The van der Waals surface area contributed by atoms with Gasteiger partial charge in [-0.15, -0.1) is 10.2 Å². The van der Waals surface area contributed by atoms with Crippen molar-refractivity contribution in [3.05, 3.63) is 40.2 Å². The van der Waals surface area contributed by atoms with Gasteiger partial charge in [-0.1, -0.05) is 11.3 Å². The minimum atomic E-state index is -0.885. The first-order chi connectivity index (χ1) is 14.9. The molecule has 12 nitrogen and oxygen atoms in total. The molecule has 1 saturated heterocycles. The summed E-state index contributed by atoms with van der Waals surface area (Å²) in [4.78, 5) is 38.8. The van der Waals surface area contributed by atoms with Crippen molar-refractivity contribution in [2.24, 2.45) is 0 Å². The molecule has 2 amide bonds. The van der Waals surface area contributed by atoms with Crippen LogP contribution in [-0.4, -0.2) is 58.7 Å². The van der Waals surface area contributed by atoms with E-state index in [4.69, 9.17) is 13.9 Å². The van der Waals surface area contributed by atoms with Gasteiger partial charge in [0.25, 0.3) is 5.91 Å². The van der Waals surface area contributed by atoms with Gasteiger partial charge in [0.1, 0.15) is 0 Å². The molecule has 1 fully saturated rings. The fourth-order valence-corrected chi connectivity index (χ4v) is 3.87. The van der Waals surface area contributed by atoms with Crippen LogP contribution < -0.4 is 20.6 Å². The monoisotopic (exact) mass is 446 g/mol. The second-order valence-electron chi connectivity index (χ2n) is 6.61. The first-order valence-corrected chi connectivity index (χ1v) is 9.94. The predicted octanol–water partition coefficient (Wildman–Crippen LogP) is 0.998. The molecule has 0 unspecified atom stereocenters. The van der Waals surface area contributed by atoms with Crippen LogP contribution in [0.3, 0.4) is 0 Å². The summed E-state index contributed by atoms with van der Waals surface area (Å²) in [6, 6.07) is 3.09. The number of carbonyl (C=O) groups is 2. The van der Waals surface area contributed by atoms with E-state index < -0.39 is 11.5 Å². The van der Waals surface area contributed by atoms with E-state index >= 15 is 0 Å². The van der Waals surface area contributed by atoms with Crippen molar-refractivity contribution in [3.63, 3.8) is 0 Å². The van der Waals surface area contributed by atoms with Crippen molar-refractivity contribution in [2.45, 2.75) is 19.4 Å². The fraction of sp³-hybridized carbons (Fsp3) is 0.333. The number of aromatic nitrogens is 4. The van der Waals surface area contributed by atoms with Crippen LogP contribution in [0.2, 0.25) is 0 Å². The molecular formula is C18H18N6O6S. The minimum absolute atomic E-state index is 0.138. The van der Waals surface area contributed by atoms with E-state index in [0.29, 0.717) is 5.13 Å². The first-order valence-electron chi connectivity index (χ1n) is 9.12. The average molecular weight is 446 g/mol. The molecule has 0 aliphatic carbocycles. The highest BCUT2D eigenvalue weighted by atomic mass is 32.1. The SMILES string of the molecule is COc1c(N2C[C@@H](OC)CC2=O)cc(C(=O)Nc2nnc(-n3nccc3C)s2)oc1=O. The van der Waals surface area contributed by atoms with Gasteiger partial charge in [0.05, 0.1) is 31.9 Å². The lowest BCUT2D eigenvalue weighted by molar-refractivity contribution is -0.117. The second kappa shape index (κ2) is 8.28. The maximum absolute atomic E-state index is 12.7. The molecule has 1 aliphatic rings. The standard InChI is InChI=1S/C18H18N6O6S/c1-9-4-5-19-24(9)18-22-21-17(31-18)20-15(26)12-7-11(14(29-3)16(27)30-12)23-8-10(28-2)6-13(23)25/h4-5,7,10H,6,8H2,1-3H3,(H,20,21,26)/t10-/m0/s1. The van der Waals surface area contributed by atoms with Crippen LogP contribution in [-0.2, 0) is 9.53 Å². The summed E-state index contributed by atoms with van der Waals surface area (Å²) in [5.41, 5.74) is 0.104. The van der Waals surface area contributed by atoms with Crippen molar-refractivity contribution < 1.29 is 23.5 Å². The van der Waals surface area contributed by atoms with E-state index in [9.17, 15) is 14.4 Å². The summed E-state index contributed by atoms with van der Waals surface area (Å²) < 4.78 is 17.0. The van der Waals surface area contributed by atoms with Crippen LogP contribution in [0.25, 0.3) is 5.13 Å². The molecule has 0 aromatic carbocycles. The van der Waals surface area contributed by atoms with Gasteiger partial charge in [0.15, 0.2) is 5.76 Å². The van der Waals surface area contributed by atoms with Crippen molar-refractivity contribution in [1.29, 1.82) is 0 Å². The molecule has 31 heavy (non-hydrogen) atoms. The molecule has 0 spiro atoms. The van der Waals surface area contributed by atoms with Crippen LogP contribution in [0.15, 0.2) is 27.5 Å². The summed E-state index contributed by atoms with van der Waals surface area (Å²) in [6.45, 7) is 2.08. The third-order valence-corrected chi connectivity index (χ3v) is 5.49. The maximum Gasteiger partial charge on any atom is 0.381 e. The quantitative estimate of drug-likeness (QED) is 0.587. The zero-order valence-corrected chi connectivity index (χ0v) is 17.6. The summed E-state index contributed by atoms with van der Waals surface area (Å²) in [7, 11) is 2.78.